The molecule has 2 aromatic heterocycles. The van der Waals surface area contributed by atoms with Crippen molar-refractivity contribution in [3.8, 4) is 10.8 Å². The summed E-state index contributed by atoms with van der Waals surface area (Å²) in [6.45, 7) is 1.62. The van der Waals surface area contributed by atoms with E-state index in [4.69, 9.17) is 16.0 Å². The van der Waals surface area contributed by atoms with Crippen molar-refractivity contribution in [2.75, 3.05) is 6.61 Å². The van der Waals surface area contributed by atoms with E-state index in [1.165, 1.54) is 0 Å². The van der Waals surface area contributed by atoms with Crippen LogP contribution in [0.5, 0.6) is 0 Å². The SMILES string of the molecule is CCOC(=O)c1oc(-c2ccc(Cl)s2)nc1C(F)F. The lowest BCUT2D eigenvalue weighted by Gasteiger charge is -1.99. The molecule has 102 valence electrons. The second-order valence-corrected chi connectivity index (χ2v) is 5.07. The van der Waals surface area contributed by atoms with Crippen molar-refractivity contribution in [2.24, 2.45) is 0 Å². The van der Waals surface area contributed by atoms with Crippen molar-refractivity contribution < 1.29 is 22.7 Å². The van der Waals surface area contributed by atoms with Gasteiger partial charge < -0.3 is 9.15 Å². The third-order valence-electron chi connectivity index (χ3n) is 2.10. The van der Waals surface area contributed by atoms with Crippen LogP contribution >= 0.6 is 22.9 Å². The van der Waals surface area contributed by atoms with Gasteiger partial charge in [-0.05, 0) is 19.1 Å². The lowest BCUT2D eigenvalue weighted by atomic mass is 10.3. The summed E-state index contributed by atoms with van der Waals surface area (Å²) in [5.74, 6) is -1.61. The number of carbonyl (C=O) groups is 1. The molecule has 0 aliphatic carbocycles. The van der Waals surface area contributed by atoms with Gasteiger partial charge >= 0.3 is 5.97 Å². The maximum Gasteiger partial charge on any atom is 0.376 e. The first kappa shape index (κ1) is 14.0. The molecule has 0 radical (unpaired) electrons. The molecule has 0 saturated carbocycles. The summed E-state index contributed by atoms with van der Waals surface area (Å²) >= 11 is 6.85. The molecule has 0 spiro atoms. The third-order valence-corrected chi connectivity index (χ3v) is 3.32. The molecule has 0 aromatic carbocycles. The number of oxazole rings is 1. The lowest BCUT2D eigenvalue weighted by Crippen LogP contribution is -2.06. The Labute approximate surface area is 116 Å². The zero-order valence-corrected chi connectivity index (χ0v) is 11.2. The number of hydrogen-bond acceptors (Lipinski definition) is 5. The summed E-state index contributed by atoms with van der Waals surface area (Å²) in [4.78, 5) is 15.6. The standard InChI is InChI=1S/C11H8ClF2NO3S/c1-2-17-11(16)8-7(9(13)14)15-10(18-8)5-3-4-6(12)19-5/h3-4,9H,2H2,1H3. The number of rotatable bonds is 4. The zero-order valence-electron chi connectivity index (χ0n) is 9.65. The molecule has 0 saturated heterocycles. The fourth-order valence-corrected chi connectivity index (χ4v) is 2.33. The monoisotopic (exact) mass is 307 g/mol. The van der Waals surface area contributed by atoms with Crippen LogP contribution in [0.25, 0.3) is 10.8 Å². The van der Waals surface area contributed by atoms with Crippen molar-refractivity contribution in [3.05, 3.63) is 27.9 Å². The van der Waals surface area contributed by atoms with E-state index in [0.29, 0.717) is 9.21 Å². The molecule has 19 heavy (non-hydrogen) atoms. The summed E-state index contributed by atoms with van der Waals surface area (Å²) in [6, 6.07) is 3.15. The molecule has 8 heteroatoms. The van der Waals surface area contributed by atoms with Gasteiger partial charge in [0.25, 0.3) is 6.43 Å². The van der Waals surface area contributed by atoms with E-state index >= 15 is 0 Å². The highest BCUT2D eigenvalue weighted by molar-refractivity contribution is 7.19. The average molecular weight is 308 g/mol. The molecular weight excluding hydrogens is 300 g/mol. The van der Waals surface area contributed by atoms with Crippen LogP contribution < -0.4 is 0 Å². The molecule has 0 atom stereocenters. The van der Waals surface area contributed by atoms with Crippen molar-refractivity contribution in [2.45, 2.75) is 13.3 Å². The number of halogens is 3. The summed E-state index contributed by atoms with van der Waals surface area (Å²) in [6.07, 6.45) is -2.92. The van der Waals surface area contributed by atoms with E-state index in [0.717, 1.165) is 11.3 Å². The predicted molar refractivity (Wildman–Crippen MR) is 65.7 cm³/mol. The molecule has 0 unspecified atom stereocenters. The first-order valence-electron chi connectivity index (χ1n) is 5.24. The molecule has 0 N–H and O–H groups in total. The Morgan fingerprint density at radius 1 is 1.58 bits per heavy atom. The highest BCUT2D eigenvalue weighted by atomic mass is 35.5. The first-order valence-corrected chi connectivity index (χ1v) is 6.44. The second kappa shape index (κ2) is 5.66. The maximum atomic E-state index is 12.8. The van der Waals surface area contributed by atoms with Crippen molar-refractivity contribution in [1.82, 2.24) is 4.98 Å². The van der Waals surface area contributed by atoms with Crippen LogP contribution in [0.1, 0.15) is 29.6 Å². The fourth-order valence-electron chi connectivity index (χ4n) is 1.36. The minimum Gasteiger partial charge on any atom is -0.460 e. The van der Waals surface area contributed by atoms with Gasteiger partial charge in [-0.25, -0.2) is 18.6 Å². The summed E-state index contributed by atoms with van der Waals surface area (Å²) < 4.78 is 35.8. The van der Waals surface area contributed by atoms with Gasteiger partial charge in [-0.15, -0.1) is 11.3 Å². The second-order valence-electron chi connectivity index (χ2n) is 3.36. The largest absolute Gasteiger partial charge is 0.460 e. The maximum absolute atomic E-state index is 12.8. The van der Waals surface area contributed by atoms with Crippen LogP contribution in [0.3, 0.4) is 0 Å². The van der Waals surface area contributed by atoms with E-state index in [1.54, 1.807) is 19.1 Å². The van der Waals surface area contributed by atoms with Crippen LogP contribution in [0.15, 0.2) is 16.5 Å². The van der Waals surface area contributed by atoms with E-state index in [2.05, 4.69) is 9.72 Å². The van der Waals surface area contributed by atoms with E-state index in [1.807, 2.05) is 0 Å². The minimum atomic E-state index is -2.92. The number of nitrogens with zero attached hydrogens (tertiary/aromatic N) is 1. The van der Waals surface area contributed by atoms with Crippen LogP contribution in [-0.2, 0) is 4.74 Å². The molecular formula is C11H8ClF2NO3S. The Morgan fingerprint density at radius 3 is 2.84 bits per heavy atom. The smallest absolute Gasteiger partial charge is 0.376 e. The van der Waals surface area contributed by atoms with E-state index in [9.17, 15) is 13.6 Å². The molecule has 2 heterocycles. The topological polar surface area (TPSA) is 52.3 Å². The number of alkyl halides is 2. The predicted octanol–water partition coefficient (Wildman–Crippen LogP) is 4.17. The number of esters is 1. The van der Waals surface area contributed by atoms with Gasteiger partial charge in [0.05, 0.1) is 15.8 Å². The Balaban J connectivity index is 2.43. The summed E-state index contributed by atoms with van der Waals surface area (Å²) in [5.41, 5.74) is -0.724. The number of carbonyl (C=O) groups excluding carboxylic acids is 1. The van der Waals surface area contributed by atoms with Gasteiger partial charge in [-0.1, -0.05) is 11.6 Å². The molecule has 0 bridgehead atoms. The van der Waals surface area contributed by atoms with Crippen molar-refractivity contribution >= 4 is 28.9 Å². The highest BCUT2D eigenvalue weighted by Gasteiger charge is 2.28. The van der Waals surface area contributed by atoms with E-state index < -0.39 is 23.8 Å². The zero-order chi connectivity index (χ0) is 14.0. The normalized spacial score (nSPS) is 11.0. The summed E-state index contributed by atoms with van der Waals surface area (Å²) in [5, 5.41) is 0. The van der Waals surface area contributed by atoms with Crippen molar-refractivity contribution in [1.29, 1.82) is 0 Å². The molecule has 2 rings (SSSR count). The molecule has 0 amide bonds. The van der Waals surface area contributed by atoms with Crippen LogP contribution in [0.2, 0.25) is 4.34 Å². The van der Waals surface area contributed by atoms with Gasteiger partial charge in [-0.2, -0.15) is 0 Å². The molecule has 0 fully saturated rings. The highest BCUT2D eigenvalue weighted by Crippen LogP contribution is 2.34. The first-order chi connectivity index (χ1) is 9.02. The van der Waals surface area contributed by atoms with Gasteiger partial charge in [-0.3, -0.25) is 0 Å². The fraction of sp³-hybridized carbons (Fsp3) is 0.273. The number of hydrogen-bond donors (Lipinski definition) is 0. The Kier molecular flexibility index (Phi) is 4.16. The lowest BCUT2D eigenvalue weighted by molar-refractivity contribution is 0.0476. The molecule has 2 aromatic rings. The van der Waals surface area contributed by atoms with Gasteiger partial charge in [0.2, 0.25) is 11.7 Å². The van der Waals surface area contributed by atoms with Crippen molar-refractivity contribution in [3.63, 3.8) is 0 Å². The average Bonchev–Trinajstić information content (AvgIpc) is 2.94. The van der Waals surface area contributed by atoms with Gasteiger partial charge in [0, 0.05) is 0 Å². The molecule has 0 aliphatic heterocycles. The number of thiophene rings is 1. The van der Waals surface area contributed by atoms with Crippen LogP contribution in [-0.4, -0.2) is 17.6 Å². The number of ether oxygens (including phenoxy) is 1. The van der Waals surface area contributed by atoms with Gasteiger partial charge in [0.15, 0.2) is 5.69 Å². The third kappa shape index (κ3) is 2.93. The van der Waals surface area contributed by atoms with E-state index in [-0.39, 0.29) is 12.5 Å². The van der Waals surface area contributed by atoms with Crippen LogP contribution in [0.4, 0.5) is 8.78 Å². The van der Waals surface area contributed by atoms with Crippen LogP contribution in [0, 0.1) is 0 Å². The quantitative estimate of drug-likeness (QED) is 0.795. The van der Waals surface area contributed by atoms with Gasteiger partial charge in [0.1, 0.15) is 0 Å². The summed E-state index contributed by atoms with van der Waals surface area (Å²) in [7, 11) is 0. The Hall–Kier alpha value is -1.47. The Morgan fingerprint density at radius 2 is 2.32 bits per heavy atom. The number of aromatic nitrogens is 1. The molecule has 0 aliphatic rings. The molecule has 4 nitrogen and oxygen atoms in total. The Bertz CT molecular complexity index is 597. The minimum absolute atomic E-state index is 0.0579.